The number of hydrogen-bond acceptors (Lipinski definition) is 10. The zero-order valence-electron chi connectivity index (χ0n) is 29.4. The Morgan fingerprint density at radius 3 is 2.62 bits per heavy atom. The van der Waals surface area contributed by atoms with E-state index in [1.807, 2.05) is 16.0 Å². The molecule has 3 aromatic rings. The summed E-state index contributed by atoms with van der Waals surface area (Å²) < 4.78 is 45.4. The highest BCUT2D eigenvalue weighted by molar-refractivity contribution is 7.91. The Kier molecular flexibility index (Phi) is 9.48. The van der Waals surface area contributed by atoms with Gasteiger partial charge in [-0.25, -0.2) is 22.8 Å². The predicted octanol–water partition coefficient (Wildman–Crippen LogP) is 5.71. The first-order valence-electron chi connectivity index (χ1n) is 17.9. The number of methoxy groups -OCH3 is 1. The van der Waals surface area contributed by atoms with Crippen molar-refractivity contribution in [1.29, 1.82) is 0 Å². The molecule has 3 aliphatic heterocycles. The van der Waals surface area contributed by atoms with Gasteiger partial charge in [-0.15, -0.1) is 0 Å². The van der Waals surface area contributed by atoms with Crippen LogP contribution in [0.5, 0.6) is 0 Å². The highest BCUT2D eigenvalue weighted by Gasteiger charge is 2.49. The lowest BCUT2D eigenvalue weighted by Gasteiger charge is -2.55. The molecule has 4 fully saturated rings. The molecule has 1 saturated carbocycles. The van der Waals surface area contributed by atoms with Gasteiger partial charge in [0.25, 0.3) is 0 Å². The molecule has 6 atom stereocenters. The van der Waals surface area contributed by atoms with Crippen molar-refractivity contribution in [3.05, 3.63) is 54.4 Å². The van der Waals surface area contributed by atoms with Crippen LogP contribution in [0.3, 0.4) is 0 Å². The van der Waals surface area contributed by atoms with Gasteiger partial charge in [0.1, 0.15) is 17.8 Å². The van der Waals surface area contributed by atoms with Crippen molar-refractivity contribution in [2.24, 2.45) is 5.92 Å². The number of hydrogen-bond donors (Lipinski definition) is 1. The van der Waals surface area contributed by atoms with Crippen molar-refractivity contribution < 1.29 is 22.3 Å². The second-order valence-electron chi connectivity index (χ2n) is 14.6. The standard InChI is InChI=1S/C37H48FN7O4S/c1-6-35(46)44-15-8-10-28(44)24-17-30(45-20-26-29(45)9-7-11-32(26)50(5,47)48)25-19-40-34(18-23(25)36(24)22(2)3)41-33-12-14-39-37(42-33)43-16-13-31(49-4)27(38)21-43/h6,12,14,17-19,22,26-29,31-32H,1,7-11,13,15-16,20-21H2,2-5H3,(H,39,40,41,42)/t26-,27-,28+,29+,31+,32+/m0/s1. The molecule has 7 rings (SSSR count). The number of piperidine rings is 1. The Labute approximate surface area is 294 Å². The summed E-state index contributed by atoms with van der Waals surface area (Å²) in [7, 11) is -1.62. The summed E-state index contributed by atoms with van der Waals surface area (Å²) in [5.41, 5.74) is 3.32. The number of alkyl halides is 1. The fourth-order valence-electron chi connectivity index (χ4n) is 8.93. The second kappa shape index (κ2) is 13.7. The smallest absolute Gasteiger partial charge is 0.246 e. The normalized spacial score (nSPS) is 27.0. The molecular weight excluding hydrogens is 658 g/mol. The quantitative estimate of drug-likeness (QED) is 0.278. The van der Waals surface area contributed by atoms with Crippen LogP contribution in [-0.4, -0.2) is 97.3 Å². The number of nitrogens with zero attached hydrogens (tertiary/aromatic N) is 6. The summed E-state index contributed by atoms with van der Waals surface area (Å²) >= 11 is 0. The van der Waals surface area contributed by atoms with Gasteiger partial charge in [-0.2, -0.15) is 4.98 Å². The summed E-state index contributed by atoms with van der Waals surface area (Å²) in [6, 6.07) is 6.13. The minimum absolute atomic E-state index is 0.0710. The molecule has 2 aromatic heterocycles. The Morgan fingerprint density at radius 2 is 1.90 bits per heavy atom. The third-order valence-corrected chi connectivity index (χ3v) is 13.0. The molecule has 3 saturated heterocycles. The van der Waals surface area contributed by atoms with Gasteiger partial charge < -0.3 is 24.8 Å². The average molecular weight is 706 g/mol. The number of pyridine rings is 1. The van der Waals surface area contributed by atoms with Gasteiger partial charge in [0.05, 0.1) is 23.9 Å². The molecule has 1 amide bonds. The minimum Gasteiger partial charge on any atom is -0.378 e. The fraction of sp³-hybridized carbons (Fsp3) is 0.568. The predicted molar refractivity (Wildman–Crippen MR) is 195 cm³/mol. The van der Waals surface area contributed by atoms with Gasteiger partial charge >= 0.3 is 0 Å². The molecule has 1 N–H and O–H groups in total. The molecule has 4 aliphatic rings. The third kappa shape index (κ3) is 6.31. The number of sulfone groups is 1. The van der Waals surface area contributed by atoms with Crippen LogP contribution in [0, 0.1) is 5.92 Å². The van der Waals surface area contributed by atoms with Crippen LogP contribution < -0.4 is 15.1 Å². The highest BCUT2D eigenvalue weighted by atomic mass is 32.2. The van der Waals surface area contributed by atoms with E-state index in [0.717, 1.165) is 53.3 Å². The Hall–Kier alpha value is -3.84. The molecule has 268 valence electrons. The van der Waals surface area contributed by atoms with Crippen molar-refractivity contribution in [3.8, 4) is 0 Å². The summed E-state index contributed by atoms with van der Waals surface area (Å²) in [6.45, 7) is 10.2. The molecule has 0 spiro atoms. The first kappa shape index (κ1) is 34.6. The van der Waals surface area contributed by atoms with Crippen molar-refractivity contribution in [2.45, 2.75) is 87.9 Å². The van der Waals surface area contributed by atoms with E-state index in [2.05, 4.69) is 47.8 Å². The monoisotopic (exact) mass is 705 g/mol. The summed E-state index contributed by atoms with van der Waals surface area (Å²) in [5.74, 6) is 1.77. The van der Waals surface area contributed by atoms with Crippen LogP contribution in [0.4, 0.5) is 27.7 Å². The van der Waals surface area contributed by atoms with E-state index in [9.17, 15) is 17.6 Å². The third-order valence-electron chi connectivity index (χ3n) is 11.3. The molecule has 1 aliphatic carbocycles. The maximum absolute atomic E-state index is 14.7. The summed E-state index contributed by atoms with van der Waals surface area (Å²) in [5, 5.41) is 5.10. The minimum atomic E-state index is -3.15. The number of likely N-dealkylation sites (tertiary alicyclic amines) is 1. The van der Waals surface area contributed by atoms with E-state index in [1.54, 1.807) is 12.3 Å². The van der Waals surface area contributed by atoms with E-state index < -0.39 is 22.1 Å². The molecule has 1 aromatic carbocycles. The maximum atomic E-state index is 14.7. The van der Waals surface area contributed by atoms with Gasteiger partial charge in [-0.1, -0.05) is 26.8 Å². The maximum Gasteiger partial charge on any atom is 0.246 e. The number of anilines is 4. The van der Waals surface area contributed by atoms with Gasteiger partial charge in [0.2, 0.25) is 11.9 Å². The molecule has 0 unspecified atom stereocenters. The molecular formula is C37H48FN7O4S. The lowest BCUT2D eigenvalue weighted by Crippen LogP contribution is -2.63. The number of rotatable bonds is 9. The summed E-state index contributed by atoms with van der Waals surface area (Å²) in [4.78, 5) is 33.2. The molecule has 13 heteroatoms. The highest BCUT2D eigenvalue weighted by Crippen LogP contribution is 2.49. The van der Waals surface area contributed by atoms with Gasteiger partial charge in [0, 0.05) is 68.4 Å². The number of carbonyl (C=O) groups is 1. The number of aromatic nitrogens is 3. The SMILES string of the molecule is C=CC(=O)N1CCC[C@@H]1c1cc(N2C[C@H]3[C@H]2CCC[C@H]3S(C)(=O)=O)c2cnc(Nc3ccnc(N4CC[C@@H](OC)[C@@H](F)C4)n3)cc2c1C(C)C. The number of carbonyl (C=O) groups excluding carboxylic acids is 1. The van der Waals surface area contributed by atoms with E-state index in [-0.39, 0.29) is 41.6 Å². The van der Waals surface area contributed by atoms with Crippen LogP contribution in [0.2, 0.25) is 0 Å². The number of nitrogens with one attached hydrogen (secondary N) is 1. The molecule has 0 bridgehead atoms. The van der Waals surface area contributed by atoms with Crippen LogP contribution >= 0.6 is 0 Å². The molecule has 11 nitrogen and oxygen atoms in total. The van der Waals surface area contributed by atoms with Crippen molar-refractivity contribution in [1.82, 2.24) is 19.9 Å². The van der Waals surface area contributed by atoms with Gasteiger partial charge in [-0.05, 0) is 78.8 Å². The van der Waals surface area contributed by atoms with E-state index >= 15 is 0 Å². The fourth-order valence-corrected chi connectivity index (χ4v) is 10.4. The number of benzene rings is 1. The zero-order chi connectivity index (χ0) is 35.3. The zero-order valence-corrected chi connectivity index (χ0v) is 30.2. The van der Waals surface area contributed by atoms with Crippen molar-refractivity contribution in [3.63, 3.8) is 0 Å². The average Bonchev–Trinajstić information content (AvgIpc) is 3.57. The lowest BCUT2D eigenvalue weighted by molar-refractivity contribution is -0.126. The number of fused-ring (bicyclic) bond motifs is 2. The van der Waals surface area contributed by atoms with E-state index in [0.29, 0.717) is 50.1 Å². The van der Waals surface area contributed by atoms with Gasteiger partial charge in [0.15, 0.2) is 9.84 Å². The van der Waals surface area contributed by atoms with Crippen LogP contribution in [0.25, 0.3) is 10.8 Å². The van der Waals surface area contributed by atoms with Gasteiger partial charge in [-0.3, -0.25) is 4.79 Å². The number of amides is 1. The second-order valence-corrected chi connectivity index (χ2v) is 16.9. The first-order valence-corrected chi connectivity index (χ1v) is 19.8. The van der Waals surface area contributed by atoms with Crippen LogP contribution in [0.15, 0.2) is 43.2 Å². The topological polar surface area (TPSA) is 121 Å². The van der Waals surface area contributed by atoms with E-state index in [1.165, 1.54) is 19.4 Å². The Balaban J connectivity index is 1.29. The van der Waals surface area contributed by atoms with Crippen molar-refractivity contribution >= 4 is 49.8 Å². The molecule has 50 heavy (non-hydrogen) atoms. The first-order chi connectivity index (χ1) is 24.0. The Morgan fingerprint density at radius 1 is 1.08 bits per heavy atom. The summed E-state index contributed by atoms with van der Waals surface area (Å²) in [6.07, 6.45) is 9.64. The van der Waals surface area contributed by atoms with E-state index in [4.69, 9.17) is 14.7 Å². The molecule has 5 heterocycles. The lowest BCUT2D eigenvalue weighted by atomic mass is 9.75. The van der Waals surface area contributed by atoms with Crippen molar-refractivity contribution in [2.75, 3.05) is 54.7 Å². The Bertz CT molecular complexity index is 1890. The molecule has 0 radical (unpaired) electrons. The van der Waals surface area contributed by atoms with Crippen LogP contribution in [-0.2, 0) is 19.4 Å². The number of ether oxygens (including phenoxy) is 1. The largest absolute Gasteiger partial charge is 0.378 e. The van der Waals surface area contributed by atoms with Crippen LogP contribution in [0.1, 0.15) is 75.5 Å². The number of halogens is 1.